The highest BCUT2D eigenvalue weighted by molar-refractivity contribution is 6.30. The van der Waals surface area contributed by atoms with Crippen molar-refractivity contribution >= 4 is 17.6 Å². The third kappa shape index (κ3) is 5.73. The van der Waals surface area contributed by atoms with Gasteiger partial charge in [-0.25, -0.2) is 9.18 Å². The molecule has 2 saturated carbocycles. The maximum Gasteiger partial charge on any atom is 0.343 e. The van der Waals surface area contributed by atoms with Gasteiger partial charge >= 0.3 is 5.97 Å². The van der Waals surface area contributed by atoms with Gasteiger partial charge in [0.2, 0.25) is 0 Å². The number of ether oxygens (including phenoxy) is 1. The number of hydrogen-bond donors (Lipinski definition) is 0. The summed E-state index contributed by atoms with van der Waals surface area (Å²) in [7, 11) is 0. The van der Waals surface area contributed by atoms with Gasteiger partial charge in [-0.2, -0.15) is 0 Å². The number of rotatable bonds is 7. The highest BCUT2D eigenvalue weighted by atomic mass is 35.5. The second-order valence-electron chi connectivity index (χ2n) is 9.78. The lowest BCUT2D eigenvalue weighted by Crippen LogP contribution is -2.30. The smallest absolute Gasteiger partial charge is 0.343 e. The second kappa shape index (κ2) is 10.8. The molecule has 2 aliphatic carbocycles. The van der Waals surface area contributed by atoms with Crippen LogP contribution in [-0.4, -0.2) is 5.97 Å². The normalized spacial score (nSPS) is 25.2. The van der Waals surface area contributed by atoms with Gasteiger partial charge in [0.25, 0.3) is 0 Å². The SMILES string of the molecule is CCCCC[C@H]1CC[C@@H]2CC(c3ccc(C(=O)Oc4ccc(Cl)cc4)cc3F)CC[C@H]2C1. The van der Waals surface area contributed by atoms with Crippen LogP contribution in [0, 0.1) is 23.6 Å². The van der Waals surface area contributed by atoms with Crippen LogP contribution in [0.4, 0.5) is 4.39 Å². The molecule has 4 rings (SSSR count). The molecule has 0 radical (unpaired) electrons. The third-order valence-corrected chi connectivity index (χ3v) is 7.89. The van der Waals surface area contributed by atoms with Crippen LogP contribution in [0.2, 0.25) is 5.02 Å². The summed E-state index contributed by atoms with van der Waals surface area (Å²) in [5.41, 5.74) is 0.999. The van der Waals surface area contributed by atoms with Crippen LogP contribution in [0.15, 0.2) is 42.5 Å². The minimum atomic E-state index is -0.553. The van der Waals surface area contributed by atoms with E-state index >= 15 is 4.39 Å². The Labute approximate surface area is 196 Å². The Bertz CT molecular complexity index is 910. The zero-order valence-corrected chi connectivity index (χ0v) is 19.8. The molecule has 32 heavy (non-hydrogen) atoms. The minimum absolute atomic E-state index is 0.238. The average Bonchev–Trinajstić information content (AvgIpc) is 2.80. The van der Waals surface area contributed by atoms with Gasteiger partial charge in [0.05, 0.1) is 5.56 Å². The van der Waals surface area contributed by atoms with Crippen molar-refractivity contribution in [3.63, 3.8) is 0 Å². The predicted molar refractivity (Wildman–Crippen MR) is 128 cm³/mol. The molecule has 0 aliphatic heterocycles. The maximum absolute atomic E-state index is 15.0. The lowest BCUT2D eigenvalue weighted by molar-refractivity contribution is 0.0734. The van der Waals surface area contributed by atoms with E-state index < -0.39 is 5.97 Å². The summed E-state index contributed by atoms with van der Waals surface area (Å²) in [6, 6.07) is 11.4. The van der Waals surface area contributed by atoms with Crippen LogP contribution < -0.4 is 4.74 Å². The number of esters is 1. The summed E-state index contributed by atoms with van der Waals surface area (Å²) >= 11 is 5.86. The molecule has 2 fully saturated rings. The Morgan fingerprint density at radius 3 is 2.50 bits per heavy atom. The summed E-state index contributed by atoms with van der Waals surface area (Å²) < 4.78 is 20.4. The molecule has 0 N–H and O–H groups in total. The van der Waals surface area contributed by atoms with E-state index in [2.05, 4.69) is 6.92 Å². The van der Waals surface area contributed by atoms with E-state index in [-0.39, 0.29) is 17.3 Å². The monoisotopic (exact) mass is 456 g/mol. The third-order valence-electron chi connectivity index (χ3n) is 7.64. The van der Waals surface area contributed by atoms with E-state index in [0.717, 1.165) is 36.2 Å². The van der Waals surface area contributed by atoms with E-state index in [1.807, 2.05) is 0 Å². The van der Waals surface area contributed by atoms with Crippen LogP contribution in [0.5, 0.6) is 5.75 Å². The van der Waals surface area contributed by atoms with Gasteiger partial charge in [0.1, 0.15) is 11.6 Å². The van der Waals surface area contributed by atoms with E-state index in [1.54, 1.807) is 36.4 Å². The fourth-order valence-corrected chi connectivity index (χ4v) is 5.99. The van der Waals surface area contributed by atoms with Crippen molar-refractivity contribution in [2.45, 2.75) is 77.0 Å². The molecule has 0 aromatic heterocycles. The minimum Gasteiger partial charge on any atom is -0.423 e. The molecular formula is C28H34ClFO2. The lowest BCUT2D eigenvalue weighted by Gasteiger charge is -2.42. The zero-order chi connectivity index (χ0) is 22.5. The summed E-state index contributed by atoms with van der Waals surface area (Å²) in [5, 5.41) is 0.569. The molecule has 2 aromatic rings. The molecule has 2 nitrogen and oxygen atoms in total. The number of fused-ring (bicyclic) bond motifs is 1. The first-order valence-corrected chi connectivity index (χ1v) is 12.7. The van der Waals surface area contributed by atoms with Crippen LogP contribution in [0.3, 0.4) is 0 Å². The van der Waals surface area contributed by atoms with Crippen molar-refractivity contribution in [2.75, 3.05) is 0 Å². The van der Waals surface area contributed by atoms with Gasteiger partial charge in [0, 0.05) is 5.02 Å². The average molecular weight is 457 g/mol. The molecule has 172 valence electrons. The fraction of sp³-hybridized carbons (Fsp3) is 0.536. The van der Waals surface area contributed by atoms with Crippen LogP contribution in [-0.2, 0) is 0 Å². The first-order valence-electron chi connectivity index (χ1n) is 12.3. The number of hydrogen-bond acceptors (Lipinski definition) is 2. The van der Waals surface area contributed by atoms with Gasteiger partial charge in [-0.05, 0) is 97.7 Å². The highest BCUT2D eigenvalue weighted by Crippen LogP contribution is 2.48. The second-order valence-corrected chi connectivity index (χ2v) is 10.2. The van der Waals surface area contributed by atoms with Gasteiger partial charge < -0.3 is 4.74 Å². The van der Waals surface area contributed by atoms with E-state index in [9.17, 15) is 4.79 Å². The van der Waals surface area contributed by atoms with Crippen molar-refractivity contribution in [3.8, 4) is 5.75 Å². The highest BCUT2D eigenvalue weighted by Gasteiger charge is 2.36. The molecule has 0 saturated heterocycles. The molecular weight excluding hydrogens is 423 g/mol. The Kier molecular flexibility index (Phi) is 7.88. The van der Waals surface area contributed by atoms with Crippen molar-refractivity contribution in [1.29, 1.82) is 0 Å². The number of halogens is 2. The van der Waals surface area contributed by atoms with Crippen LogP contribution in [0.25, 0.3) is 0 Å². The maximum atomic E-state index is 15.0. The number of carbonyl (C=O) groups is 1. The van der Waals surface area contributed by atoms with E-state index in [4.69, 9.17) is 16.3 Å². The predicted octanol–water partition coefficient (Wildman–Crippen LogP) is 8.58. The van der Waals surface area contributed by atoms with Gasteiger partial charge in [-0.15, -0.1) is 0 Å². The van der Waals surface area contributed by atoms with Gasteiger partial charge in [-0.1, -0.05) is 56.7 Å². The quantitative estimate of drug-likeness (QED) is 0.237. The first-order chi connectivity index (χ1) is 15.5. The summed E-state index contributed by atoms with van der Waals surface area (Å²) in [6.07, 6.45) is 12.8. The Balaban J connectivity index is 1.35. The first kappa shape index (κ1) is 23.3. The van der Waals surface area contributed by atoms with Crippen molar-refractivity contribution < 1.29 is 13.9 Å². The summed E-state index contributed by atoms with van der Waals surface area (Å²) in [5.74, 6) is 2.27. The van der Waals surface area contributed by atoms with Crippen molar-refractivity contribution in [2.24, 2.45) is 17.8 Å². The lowest BCUT2D eigenvalue weighted by atomic mass is 9.63. The zero-order valence-electron chi connectivity index (χ0n) is 19.0. The Hall–Kier alpha value is -1.87. The number of benzene rings is 2. The molecule has 0 amide bonds. The van der Waals surface area contributed by atoms with Crippen LogP contribution in [0.1, 0.15) is 93.0 Å². The Morgan fingerprint density at radius 2 is 1.75 bits per heavy atom. The molecule has 1 unspecified atom stereocenters. The van der Waals surface area contributed by atoms with Gasteiger partial charge in [0.15, 0.2) is 0 Å². The molecule has 0 bridgehead atoms. The topological polar surface area (TPSA) is 26.3 Å². The molecule has 4 atom stereocenters. The molecule has 0 heterocycles. The fourth-order valence-electron chi connectivity index (χ4n) is 5.87. The van der Waals surface area contributed by atoms with Gasteiger partial charge in [-0.3, -0.25) is 0 Å². The molecule has 4 heteroatoms. The molecule has 0 spiro atoms. The Morgan fingerprint density at radius 1 is 1.00 bits per heavy atom. The van der Waals surface area contributed by atoms with Crippen molar-refractivity contribution in [3.05, 3.63) is 64.4 Å². The number of carbonyl (C=O) groups excluding carboxylic acids is 1. The molecule has 2 aliphatic rings. The van der Waals surface area contributed by atoms with Crippen molar-refractivity contribution in [1.82, 2.24) is 0 Å². The van der Waals surface area contributed by atoms with E-state index in [1.165, 1.54) is 57.4 Å². The van der Waals surface area contributed by atoms with Crippen LogP contribution >= 0.6 is 11.6 Å². The van der Waals surface area contributed by atoms with E-state index in [0.29, 0.717) is 10.8 Å². The standard InChI is InChI=1S/C28H34ClFO2/c1-2-3-4-5-19-6-7-21-17-22(9-8-20(21)16-19)26-15-10-23(18-27(26)30)28(31)32-25-13-11-24(29)12-14-25/h10-15,18-22H,2-9,16-17H2,1H3/t19-,20-,21+,22?/m0/s1. The summed E-state index contributed by atoms with van der Waals surface area (Å²) in [6.45, 7) is 2.27. The molecule has 2 aromatic carbocycles. The number of unbranched alkanes of at least 4 members (excludes halogenated alkanes) is 2. The largest absolute Gasteiger partial charge is 0.423 e. The summed E-state index contributed by atoms with van der Waals surface area (Å²) in [4.78, 5) is 12.4.